The van der Waals surface area contributed by atoms with Crippen molar-refractivity contribution < 1.29 is 9.53 Å². The number of aliphatic imine (C=N–C) groups is 1. The van der Waals surface area contributed by atoms with Gasteiger partial charge in [-0.2, -0.15) is 0 Å². The summed E-state index contributed by atoms with van der Waals surface area (Å²) in [6.45, 7) is 7.79. The number of anilines is 1. The molecule has 1 atom stereocenters. The normalized spacial score (nSPS) is 16.6. The largest absolute Gasteiger partial charge is 0.469 e. The van der Waals surface area contributed by atoms with Crippen molar-refractivity contribution in [2.45, 2.75) is 33.2 Å². The van der Waals surface area contributed by atoms with E-state index in [4.69, 9.17) is 9.73 Å². The minimum Gasteiger partial charge on any atom is -0.469 e. The molecule has 0 radical (unpaired) electrons. The van der Waals surface area contributed by atoms with Crippen molar-refractivity contribution in [3.63, 3.8) is 0 Å². The minimum absolute atomic E-state index is 0.151. The highest BCUT2D eigenvalue weighted by molar-refractivity contribution is 7.16. The van der Waals surface area contributed by atoms with Crippen LogP contribution in [-0.4, -0.2) is 45.1 Å². The van der Waals surface area contributed by atoms with Crippen molar-refractivity contribution in [2.75, 3.05) is 32.3 Å². The van der Waals surface area contributed by atoms with Crippen LogP contribution in [0.1, 0.15) is 33.6 Å². The average Bonchev–Trinajstić information content (AvgIpc) is 2.85. The van der Waals surface area contributed by atoms with Gasteiger partial charge in [0.2, 0.25) is 0 Å². The number of benzene rings is 1. The molecule has 1 N–H and O–H groups in total. The molecule has 0 fully saturated rings. The Morgan fingerprint density at radius 3 is 2.63 bits per heavy atom. The highest BCUT2D eigenvalue weighted by Gasteiger charge is 2.29. The Hall–Kier alpha value is -2.18. The van der Waals surface area contributed by atoms with Crippen LogP contribution in [-0.2, 0) is 9.53 Å². The van der Waals surface area contributed by atoms with Gasteiger partial charge < -0.3 is 15.0 Å². The molecule has 27 heavy (non-hydrogen) atoms. The summed E-state index contributed by atoms with van der Waals surface area (Å²) in [6.07, 6.45) is 0.277. The molecule has 2 heterocycles. The Balaban J connectivity index is 2.16. The number of hydrogen-bond donors (Lipinski definition) is 1. The van der Waals surface area contributed by atoms with Gasteiger partial charge in [0, 0.05) is 22.5 Å². The second-order valence-corrected chi connectivity index (χ2v) is 8.18. The predicted octanol–water partition coefficient (Wildman–Crippen LogP) is 3.44. The van der Waals surface area contributed by atoms with E-state index >= 15 is 0 Å². The number of nitrogens with one attached hydrogen (secondary N) is 1. The summed E-state index contributed by atoms with van der Waals surface area (Å²) < 4.78 is 4.91. The van der Waals surface area contributed by atoms with Crippen molar-refractivity contribution in [3.05, 3.63) is 51.4 Å². The molecule has 0 spiro atoms. The fourth-order valence-electron chi connectivity index (χ4n) is 3.38. The Labute approximate surface area is 165 Å². The highest BCUT2D eigenvalue weighted by Crippen LogP contribution is 2.39. The standard InChI is InChI=1S/C21H27N3O2S/c1-13-6-8-16(9-7-13)20-19-14(2)15(3)27-21(19)24(12-22-4)11-17(23-20)10-18(25)26-5/h6-9,17,22H,10-12H2,1-5H3. The third kappa shape index (κ3) is 4.06. The van der Waals surface area contributed by atoms with Gasteiger partial charge in [-0.25, -0.2) is 0 Å². The minimum atomic E-state index is -0.227. The van der Waals surface area contributed by atoms with Crippen LogP contribution in [0.5, 0.6) is 0 Å². The fraction of sp³-hybridized carbons (Fsp3) is 0.429. The first kappa shape index (κ1) is 19.6. The Kier molecular flexibility index (Phi) is 5.97. The zero-order valence-electron chi connectivity index (χ0n) is 16.6. The van der Waals surface area contributed by atoms with Crippen molar-refractivity contribution in [3.8, 4) is 0 Å². The summed E-state index contributed by atoms with van der Waals surface area (Å²) >= 11 is 1.80. The van der Waals surface area contributed by atoms with Gasteiger partial charge in [-0.15, -0.1) is 11.3 Å². The molecule has 0 aliphatic carbocycles. The molecule has 5 nitrogen and oxygen atoms in total. The van der Waals surface area contributed by atoms with Crippen LogP contribution in [0.4, 0.5) is 5.00 Å². The van der Waals surface area contributed by atoms with E-state index in [2.05, 4.69) is 55.3 Å². The van der Waals surface area contributed by atoms with Crippen LogP contribution < -0.4 is 10.2 Å². The van der Waals surface area contributed by atoms with Crippen molar-refractivity contribution >= 4 is 28.0 Å². The monoisotopic (exact) mass is 385 g/mol. The number of aryl methyl sites for hydroxylation is 2. The van der Waals surface area contributed by atoms with E-state index in [0.717, 1.165) is 11.3 Å². The van der Waals surface area contributed by atoms with E-state index in [9.17, 15) is 4.79 Å². The molecule has 144 valence electrons. The van der Waals surface area contributed by atoms with Gasteiger partial charge in [-0.3, -0.25) is 9.79 Å². The third-order valence-electron chi connectivity index (χ3n) is 4.94. The molecule has 1 aliphatic heterocycles. The second kappa shape index (κ2) is 8.23. The van der Waals surface area contributed by atoms with E-state index in [1.807, 2.05) is 7.05 Å². The fourth-order valence-corrected chi connectivity index (χ4v) is 4.54. The van der Waals surface area contributed by atoms with Gasteiger partial charge in [0.15, 0.2) is 0 Å². The molecule has 0 bridgehead atoms. The molecule has 6 heteroatoms. The van der Waals surface area contributed by atoms with Crippen LogP contribution in [0.3, 0.4) is 0 Å². The van der Waals surface area contributed by atoms with E-state index in [1.165, 1.54) is 33.7 Å². The number of esters is 1. The van der Waals surface area contributed by atoms with Crippen molar-refractivity contribution in [1.29, 1.82) is 0 Å². The van der Waals surface area contributed by atoms with Crippen molar-refractivity contribution in [1.82, 2.24) is 5.32 Å². The number of carbonyl (C=O) groups is 1. The lowest BCUT2D eigenvalue weighted by Crippen LogP contribution is -2.37. The number of nitrogens with zero attached hydrogens (tertiary/aromatic N) is 2. The van der Waals surface area contributed by atoms with Gasteiger partial charge in [0.05, 0.1) is 32.0 Å². The van der Waals surface area contributed by atoms with Crippen LogP contribution in [0, 0.1) is 20.8 Å². The first-order valence-electron chi connectivity index (χ1n) is 9.16. The maximum Gasteiger partial charge on any atom is 0.307 e. The quantitative estimate of drug-likeness (QED) is 0.801. The lowest BCUT2D eigenvalue weighted by atomic mass is 9.99. The zero-order valence-corrected chi connectivity index (χ0v) is 17.4. The molecule has 0 amide bonds. The number of rotatable bonds is 5. The van der Waals surface area contributed by atoms with E-state index in [0.29, 0.717) is 13.2 Å². The van der Waals surface area contributed by atoms with Gasteiger partial charge in [-0.05, 0) is 33.4 Å². The zero-order chi connectivity index (χ0) is 19.6. The van der Waals surface area contributed by atoms with Crippen LogP contribution in [0.15, 0.2) is 29.3 Å². The Morgan fingerprint density at radius 1 is 1.30 bits per heavy atom. The SMILES string of the molecule is CNCN1CC(CC(=O)OC)N=C(c2ccc(C)cc2)c2c1sc(C)c2C. The van der Waals surface area contributed by atoms with Gasteiger partial charge in [0.1, 0.15) is 5.00 Å². The number of thiophene rings is 1. The van der Waals surface area contributed by atoms with E-state index < -0.39 is 0 Å². The molecule has 0 saturated heterocycles. The molecule has 2 aromatic rings. The molecule has 3 rings (SSSR count). The van der Waals surface area contributed by atoms with Gasteiger partial charge >= 0.3 is 5.97 Å². The van der Waals surface area contributed by atoms with E-state index in [1.54, 1.807) is 11.3 Å². The number of methoxy groups -OCH3 is 1. The first-order valence-corrected chi connectivity index (χ1v) is 9.97. The summed E-state index contributed by atoms with van der Waals surface area (Å²) in [5.41, 5.74) is 5.72. The molecular formula is C21H27N3O2S. The third-order valence-corrected chi connectivity index (χ3v) is 6.21. The number of ether oxygens (including phenoxy) is 1. The maximum absolute atomic E-state index is 12.0. The second-order valence-electron chi connectivity index (χ2n) is 6.98. The summed E-state index contributed by atoms with van der Waals surface area (Å²) in [4.78, 5) is 20.6. The molecule has 1 aliphatic rings. The van der Waals surface area contributed by atoms with Crippen LogP contribution >= 0.6 is 11.3 Å². The topological polar surface area (TPSA) is 53.9 Å². The number of fused-ring (bicyclic) bond motifs is 1. The summed E-state index contributed by atoms with van der Waals surface area (Å²) in [5, 5.41) is 4.46. The Morgan fingerprint density at radius 2 is 2.00 bits per heavy atom. The van der Waals surface area contributed by atoms with Crippen LogP contribution in [0.2, 0.25) is 0 Å². The number of carbonyl (C=O) groups excluding carboxylic acids is 1. The Bertz CT molecular complexity index is 855. The smallest absolute Gasteiger partial charge is 0.307 e. The van der Waals surface area contributed by atoms with E-state index in [-0.39, 0.29) is 18.4 Å². The number of hydrogen-bond acceptors (Lipinski definition) is 6. The predicted molar refractivity (Wildman–Crippen MR) is 112 cm³/mol. The highest BCUT2D eigenvalue weighted by atomic mass is 32.1. The lowest BCUT2D eigenvalue weighted by Gasteiger charge is -2.24. The summed E-state index contributed by atoms with van der Waals surface area (Å²) in [7, 11) is 3.37. The molecular weight excluding hydrogens is 358 g/mol. The maximum atomic E-state index is 12.0. The van der Waals surface area contributed by atoms with Crippen LogP contribution in [0.25, 0.3) is 0 Å². The van der Waals surface area contributed by atoms with Gasteiger partial charge in [0.25, 0.3) is 0 Å². The van der Waals surface area contributed by atoms with Crippen molar-refractivity contribution in [2.24, 2.45) is 4.99 Å². The molecule has 1 unspecified atom stereocenters. The first-order chi connectivity index (χ1) is 12.9. The van der Waals surface area contributed by atoms with Gasteiger partial charge in [-0.1, -0.05) is 29.8 Å². The summed E-state index contributed by atoms with van der Waals surface area (Å²) in [6, 6.07) is 8.30. The summed E-state index contributed by atoms with van der Waals surface area (Å²) in [5.74, 6) is -0.227. The molecule has 1 aromatic carbocycles. The molecule has 1 aromatic heterocycles. The average molecular weight is 386 g/mol. The molecule has 0 saturated carbocycles. The lowest BCUT2D eigenvalue weighted by molar-refractivity contribution is -0.140.